The van der Waals surface area contributed by atoms with E-state index in [2.05, 4.69) is 15.9 Å². The molecular weight excluding hydrogens is 317 g/mol. The van der Waals surface area contributed by atoms with Gasteiger partial charge in [-0.3, -0.25) is 0 Å². The minimum absolute atomic E-state index is 0.00707. The summed E-state index contributed by atoms with van der Waals surface area (Å²) in [6.07, 6.45) is 0. The molecule has 98 valence electrons. The minimum atomic E-state index is -1.10. The van der Waals surface area contributed by atoms with E-state index in [-0.39, 0.29) is 15.7 Å². The molecule has 0 heterocycles. The molecule has 2 rings (SSSR count). The monoisotopic (exact) mass is 325 g/mol. The van der Waals surface area contributed by atoms with Crippen molar-refractivity contribution in [1.29, 1.82) is 0 Å². The number of ether oxygens (including phenoxy) is 1. The maximum Gasteiger partial charge on any atom is 0.337 e. The molecule has 0 spiro atoms. The van der Waals surface area contributed by atoms with Crippen molar-refractivity contribution >= 4 is 27.6 Å². The Balaban J connectivity index is 2.26. The second-order valence-electron chi connectivity index (χ2n) is 3.73. The van der Waals surface area contributed by atoms with Crippen LogP contribution in [0.5, 0.6) is 11.5 Å². The van der Waals surface area contributed by atoms with Gasteiger partial charge >= 0.3 is 5.97 Å². The van der Waals surface area contributed by atoms with E-state index in [0.29, 0.717) is 11.5 Å². The number of nitrogens with two attached hydrogens (primary N) is 1. The van der Waals surface area contributed by atoms with Crippen molar-refractivity contribution in [2.45, 2.75) is 0 Å². The zero-order valence-electron chi connectivity index (χ0n) is 9.56. The first-order chi connectivity index (χ1) is 8.97. The molecule has 19 heavy (non-hydrogen) atoms. The molecule has 0 aliphatic carbocycles. The highest BCUT2D eigenvalue weighted by atomic mass is 79.9. The number of aromatic carboxylic acids is 1. The molecule has 0 bridgehead atoms. The van der Waals surface area contributed by atoms with Crippen LogP contribution in [0.1, 0.15) is 10.4 Å². The number of benzene rings is 2. The van der Waals surface area contributed by atoms with Gasteiger partial charge in [0, 0.05) is 11.8 Å². The van der Waals surface area contributed by atoms with Crippen LogP contribution in [-0.2, 0) is 0 Å². The van der Waals surface area contributed by atoms with E-state index in [0.717, 1.165) is 0 Å². The molecule has 4 nitrogen and oxygen atoms in total. The van der Waals surface area contributed by atoms with Crippen molar-refractivity contribution in [3.8, 4) is 11.5 Å². The molecule has 2 aromatic carbocycles. The first-order valence-corrected chi connectivity index (χ1v) is 6.02. The first kappa shape index (κ1) is 13.4. The molecule has 0 radical (unpaired) electrons. The number of hydrogen-bond donors (Lipinski definition) is 2. The minimum Gasteiger partial charge on any atom is -0.478 e. The topological polar surface area (TPSA) is 72.5 Å². The van der Waals surface area contributed by atoms with Gasteiger partial charge in [-0.2, -0.15) is 0 Å². The van der Waals surface area contributed by atoms with E-state index in [9.17, 15) is 9.18 Å². The summed E-state index contributed by atoms with van der Waals surface area (Å²) in [7, 11) is 0. The Labute approximate surface area is 116 Å². The molecule has 2 aromatic rings. The Kier molecular flexibility index (Phi) is 3.71. The number of carbonyl (C=O) groups is 1. The lowest BCUT2D eigenvalue weighted by molar-refractivity contribution is 0.0698. The molecule has 0 saturated heterocycles. The summed E-state index contributed by atoms with van der Waals surface area (Å²) < 4.78 is 18.8. The predicted octanol–water partition coefficient (Wildman–Crippen LogP) is 3.66. The zero-order chi connectivity index (χ0) is 14.0. The number of rotatable bonds is 3. The number of nitrogen functional groups attached to an aromatic ring is 1. The van der Waals surface area contributed by atoms with E-state index in [1.807, 2.05) is 0 Å². The Morgan fingerprint density at radius 1 is 1.21 bits per heavy atom. The molecule has 0 fully saturated rings. The number of hydrogen-bond acceptors (Lipinski definition) is 3. The molecule has 0 amide bonds. The number of carboxylic acid groups (broad SMARTS) is 1. The normalized spacial score (nSPS) is 10.2. The van der Waals surface area contributed by atoms with E-state index >= 15 is 0 Å². The van der Waals surface area contributed by atoms with E-state index < -0.39 is 11.8 Å². The molecule has 0 unspecified atom stereocenters. The lowest BCUT2D eigenvalue weighted by Crippen LogP contribution is -2.02. The van der Waals surface area contributed by atoms with Crippen molar-refractivity contribution in [2.75, 3.05) is 5.73 Å². The Bertz CT molecular complexity index is 646. The molecule has 0 atom stereocenters. The van der Waals surface area contributed by atoms with Crippen LogP contribution in [0.25, 0.3) is 0 Å². The van der Waals surface area contributed by atoms with Crippen molar-refractivity contribution in [3.05, 3.63) is 52.3 Å². The maximum atomic E-state index is 13.1. The van der Waals surface area contributed by atoms with Crippen LogP contribution in [0.3, 0.4) is 0 Å². The lowest BCUT2D eigenvalue weighted by atomic mass is 10.2. The molecular formula is C13H9BrFNO3. The van der Waals surface area contributed by atoms with E-state index in [1.165, 1.54) is 36.4 Å². The second-order valence-corrected chi connectivity index (χ2v) is 4.59. The van der Waals surface area contributed by atoms with Crippen LogP contribution >= 0.6 is 15.9 Å². The number of halogens is 2. The Hall–Kier alpha value is -2.08. The molecule has 0 aromatic heterocycles. The predicted molar refractivity (Wildman–Crippen MR) is 72.0 cm³/mol. The van der Waals surface area contributed by atoms with E-state index in [4.69, 9.17) is 15.6 Å². The van der Waals surface area contributed by atoms with Gasteiger partial charge in [0.25, 0.3) is 0 Å². The largest absolute Gasteiger partial charge is 0.478 e. The standard InChI is InChI=1S/C13H9BrFNO3/c14-10-5-7(2-4-11(10)15)19-8-1-3-9(13(17)18)12(16)6-8/h1-6H,16H2,(H,17,18). The second kappa shape index (κ2) is 5.27. The van der Waals surface area contributed by atoms with Gasteiger partial charge in [0.1, 0.15) is 17.3 Å². The maximum absolute atomic E-state index is 13.1. The Morgan fingerprint density at radius 2 is 1.84 bits per heavy atom. The van der Waals surface area contributed by atoms with Crippen molar-refractivity contribution < 1.29 is 19.0 Å². The highest BCUT2D eigenvalue weighted by Crippen LogP contribution is 2.28. The summed E-state index contributed by atoms with van der Waals surface area (Å²) in [4.78, 5) is 10.8. The average Bonchev–Trinajstić information content (AvgIpc) is 2.33. The lowest BCUT2D eigenvalue weighted by Gasteiger charge is -2.08. The zero-order valence-corrected chi connectivity index (χ0v) is 11.1. The number of anilines is 1. The summed E-state index contributed by atoms with van der Waals surface area (Å²) in [5, 5.41) is 8.84. The molecule has 0 aliphatic heterocycles. The number of carboxylic acids is 1. The SMILES string of the molecule is Nc1cc(Oc2ccc(F)c(Br)c2)ccc1C(=O)O. The van der Waals surface area contributed by atoms with Crippen molar-refractivity contribution in [2.24, 2.45) is 0 Å². The van der Waals surface area contributed by atoms with Gasteiger partial charge in [0.15, 0.2) is 0 Å². The van der Waals surface area contributed by atoms with Gasteiger partial charge < -0.3 is 15.6 Å². The Morgan fingerprint density at radius 3 is 2.42 bits per heavy atom. The summed E-state index contributed by atoms with van der Waals surface area (Å²) in [6.45, 7) is 0. The fraction of sp³-hybridized carbons (Fsp3) is 0. The first-order valence-electron chi connectivity index (χ1n) is 5.23. The van der Waals surface area contributed by atoms with Crippen LogP contribution in [0.2, 0.25) is 0 Å². The van der Waals surface area contributed by atoms with Gasteiger partial charge in [-0.1, -0.05) is 0 Å². The fourth-order valence-electron chi connectivity index (χ4n) is 1.48. The van der Waals surface area contributed by atoms with E-state index in [1.54, 1.807) is 0 Å². The van der Waals surface area contributed by atoms with Crippen LogP contribution < -0.4 is 10.5 Å². The van der Waals surface area contributed by atoms with Crippen LogP contribution in [0.4, 0.5) is 10.1 Å². The van der Waals surface area contributed by atoms with Gasteiger partial charge in [-0.25, -0.2) is 9.18 Å². The molecule has 0 saturated carbocycles. The van der Waals surface area contributed by atoms with Crippen molar-refractivity contribution in [1.82, 2.24) is 0 Å². The van der Waals surface area contributed by atoms with Crippen molar-refractivity contribution in [3.63, 3.8) is 0 Å². The molecule has 6 heteroatoms. The van der Waals surface area contributed by atoms with Crippen LogP contribution in [0, 0.1) is 5.82 Å². The third-order valence-corrected chi connectivity index (χ3v) is 2.99. The fourth-order valence-corrected chi connectivity index (χ4v) is 1.83. The highest BCUT2D eigenvalue weighted by molar-refractivity contribution is 9.10. The highest BCUT2D eigenvalue weighted by Gasteiger charge is 2.09. The summed E-state index contributed by atoms with van der Waals surface area (Å²) in [5.74, 6) is -0.710. The summed E-state index contributed by atoms with van der Waals surface area (Å²) >= 11 is 3.05. The third kappa shape index (κ3) is 3.03. The molecule has 3 N–H and O–H groups in total. The quantitative estimate of drug-likeness (QED) is 0.844. The van der Waals surface area contributed by atoms with Gasteiger partial charge in [0.05, 0.1) is 10.0 Å². The third-order valence-electron chi connectivity index (χ3n) is 2.38. The van der Waals surface area contributed by atoms with Crippen LogP contribution in [-0.4, -0.2) is 11.1 Å². The smallest absolute Gasteiger partial charge is 0.337 e. The van der Waals surface area contributed by atoms with Crippen LogP contribution in [0.15, 0.2) is 40.9 Å². The summed E-state index contributed by atoms with van der Waals surface area (Å²) in [5.41, 5.74) is 5.71. The van der Waals surface area contributed by atoms with Gasteiger partial charge in [0.2, 0.25) is 0 Å². The summed E-state index contributed by atoms with van der Waals surface area (Å²) in [6, 6.07) is 8.43. The van der Waals surface area contributed by atoms with Gasteiger partial charge in [-0.05, 0) is 46.3 Å². The van der Waals surface area contributed by atoms with Gasteiger partial charge in [-0.15, -0.1) is 0 Å². The average molecular weight is 326 g/mol. The molecule has 0 aliphatic rings.